The highest BCUT2D eigenvalue weighted by atomic mass is 16.7. The van der Waals surface area contributed by atoms with Gasteiger partial charge in [-0.05, 0) is 25.7 Å². The van der Waals surface area contributed by atoms with Crippen LogP contribution in [-0.2, 0) is 47.6 Å². The minimum Gasteiger partial charge on any atom is -0.463 e. The maximum atomic E-state index is 13.9. The largest absolute Gasteiger partial charge is 0.463 e. The number of rotatable bonds is 62. The van der Waals surface area contributed by atoms with Crippen LogP contribution in [0.5, 0.6) is 0 Å². The van der Waals surface area contributed by atoms with Gasteiger partial charge in [-0.2, -0.15) is 0 Å². The first-order chi connectivity index (χ1) is 39.8. The Morgan fingerprint density at radius 1 is 0.272 bits per heavy atom. The van der Waals surface area contributed by atoms with E-state index >= 15 is 0 Å². The topological polar surface area (TPSA) is 124 Å². The zero-order valence-corrected chi connectivity index (χ0v) is 54.3. The summed E-state index contributed by atoms with van der Waals surface area (Å²) in [4.78, 5) is 54.7. The third kappa shape index (κ3) is 47.7. The van der Waals surface area contributed by atoms with Crippen LogP contribution < -0.4 is 0 Å². The van der Waals surface area contributed by atoms with Gasteiger partial charge in [0.2, 0.25) is 0 Å². The lowest BCUT2D eigenvalue weighted by atomic mass is 9.97. The van der Waals surface area contributed by atoms with Crippen LogP contribution >= 0.6 is 0 Å². The van der Waals surface area contributed by atoms with E-state index in [4.69, 9.17) is 28.4 Å². The van der Waals surface area contributed by atoms with E-state index in [1.165, 1.54) is 245 Å². The summed E-state index contributed by atoms with van der Waals surface area (Å²) in [5, 5.41) is 0. The van der Waals surface area contributed by atoms with E-state index in [1.807, 2.05) is 0 Å². The van der Waals surface area contributed by atoms with Crippen LogP contribution in [0.3, 0.4) is 0 Å². The SMILES string of the molecule is CCCCCCCCCCCCCCCC(=O)OC[C@H]1OC(OC)[C@H](OC(=O)CCCCCCCCCCCCCCC)[C@@H](OC(=O)CCCCCCCCCCCCCCC)[C@@H]1OC(=O)CCCCCCCCCCCCCCC. The van der Waals surface area contributed by atoms with Gasteiger partial charge in [-0.25, -0.2) is 0 Å². The zero-order valence-electron chi connectivity index (χ0n) is 54.3. The van der Waals surface area contributed by atoms with Crippen molar-refractivity contribution in [2.45, 2.75) is 418 Å². The Balaban J connectivity index is 3.01. The number of unbranched alkanes of at least 4 members (excludes halogenated alkanes) is 48. The first-order valence-electron chi connectivity index (χ1n) is 35.7. The number of hydrogen-bond donors (Lipinski definition) is 0. The zero-order chi connectivity index (χ0) is 58.7. The second kappa shape index (κ2) is 59.5. The molecule has 0 aromatic carbocycles. The van der Waals surface area contributed by atoms with Crippen molar-refractivity contribution in [3.05, 3.63) is 0 Å². The predicted octanol–water partition coefficient (Wildman–Crippen LogP) is 21.6. The fourth-order valence-corrected chi connectivity index (χ4v) is 11.6. The van der Waals surface area contributed by atoms with Crippen molar-refractivity contribution < 1.29 is 47.6 Å². The van der Waals surface area contributed by atoms with Crippen LogP contribution in [0.2, 0.25) is 0 Å². The Kier molecular flexibility index (Phi) is 56.4. The molecule has 5 atom stereocenters. The summed E-state index contributed by atoms with van der Waals surface area (Å²) in [6, 6.07) is 0. The Bertz CT molecular complexity index is 1390. The molecule has 0 bridgehead atoms. The molecule has 0 aromatic rings. The lowest BCUT2D eigenvalue weighted by Crippen LogP contribution is -2.63. The van der Waals surface area contributed by atoms with Crippen LogP contribution in [0.25, 0.3) is 0 Å². The van der Waals surface area contributed by atoms with Gasteiger partial charge in [0.1, 0.15) is 12.7 Å². The summed E-state index contributed by atoms with van der Waals surface area (Å²) >= 11 is 0. The highest BCUT2D eigenvalue weighted by Crippen LogP contribution is 2.31. The molecule has 1 aliphatic heterocycles. The summed E-state index contributed by atoms with van der Waals surface area (Å²) < 4.78 is 36.9. The lowest BCUT2D eigenvalue weighted by Gasteiger charge is -2.44. The molecular formula is C71H134O10. The molecule has 1 unspecified atom stereocenters. The summed E-state index contributed by atoms with van der Waals surface area (Å²) in [6.45, 7) is 8.82. The molecule has 0 radical (unpaired) electrons. The maximum Gasteiger partial charge on any atom is 0.306 e. The molecule has 1 fully saturated rings. The molecule has 0 amide bonds. The second-order valence-corrected chi connectivity index (χ2v) is 24.8. The summed E-state index contributed by atoms with van der Waals surface area (Å²) in [6.07, 6.45) is 57.6. The van der Waals surface area contributed by atoms with Gasteiger partial charge in [0.25, 0.3) is 0 Å². The van der Waals surface area contributed by atoms with E-state index in [9.17, 15) is 19.2 Å². The molecule has 0 saturated carbocycles. The van der Waals surface area contributed by atoms with Gasteiger partial charge >= 0.3 is 23.9 Å². The molecule has 1 saturated heterocycles. The van der Waals surface area contributed by atoms with Gasteiger partial charge in [0.05, 0.1) is 0 Å². The van der Waals surface area contributed by atoms with Crippen LogP contribution in [0.4, 0.5) is 0 Å². The van der Waals surface area contributed by atoms with Gasteiger partial charge in [-0.1, -0.05) is 336 Å². The van der Waals surface area contributed by atoms with Gasteiger partial charge in [0, 0.05) is 32.8 Å². The van der Waals surface area contributed by atoms with Crippen LogP contribution in [-0.4, -0.2) is 68.3 Å². The molecule has 0 aromatic heterocycles. The maximum absolute atomic E-state index is 13.9. The van der Waals surface area contributed by atoms with E-state index in [0.29, 0.717) is 19.3 Å². The lowest BCUT2D eigenvalue weighted by molar-refractivity contribution is -0.303. The van der Waals surface area contributed by atoms with Gasteiger partial charge in [0.15, 0.2) is 24.6 Å². The van der Waals surface area contributed by atoms with E-state index < -0.39 is 48.6 Å². The number of carbonyl (C=O) groups is 4. The number of carbonyl (C=O) groups excluding carboxylic acids is 4. The van der Waals surface area contributed by atoms with Crippen molar-refractivity contribution in [3.63, 3.8) is 0 Å². The van der Waals surface area contributed by atoms with Crippen LogP contribution in [0, 0.1) is 0 Å². The fraction of sp³-hybridized carbons (Fsp3) is 0.944. The van der Waals surface area contributed by atoms with Crippen molar-refractivity contribution in [3.8, 4) is 0 Å². The molecule has 1 aliphatic rings. The molecule has 0 N–H and O–H groups in total. The van der Waals surface area contributed by atoms with Crippen molar-refractivity contribution in [2.24, 2.45) is 0 Å². The number of hydrogen-bond acceptors (Lipinski definition) is 10. The van der Waals surface area contributed by atoms with Gasteiger partial charge < -0.3 is 28.4 Å². The molecule has 478 valence electrons. The Morgan fingerprint density at radius 3 is 0.728 bits per heavy atom. The highest BCUT2D eigenvalue weighted by molar-refractivity contribution is 5.72. The van der Waals surface area contributed by atoms with Crippen LogP contribution in [0.1, 0.15) is 387 Å². The molecular weight excluding hydrogens is 1010 g/mol. The number of ether oxygens (including phenoxy) is 6. The molecule has 1 heterocycles. The van der Waals surface area contributed by atoms with E-state index in [1.54, 1.807) is 0 Å². The first-order valence-corrected chi connectivity index (χ1v) is 35.7. The van der Waals surface area contributed by atoms with Crippen molar-refractivity contribution in [1.29, 1.82) is 0 Å². The molecule has 81 heavy (non-hydrogen) atoms. The van der Waals surface area contributed by atoms with Gasteiger partial charge in [-0.15, -0.1) is 0 Å². The predicted molar refractivity (Wildman–Crippen MR) is 338 cm³/mol. The number of methoxy groups -OCH3 is 1. The third-order valence-corrected chi connectivity index (χ3v) is 17.0. The van der Waals surface area contributed by atoms with E-state index in [0.717, 1.165) is 77.0 Å². The first kappa shape index (κ1) is 76.8. The average molecular weight is 1150 g/mol. The molecule has 10 heteroatoms. The molecule has 10 nitrogen and oxygen atoms in total. The standard InChI is InChI=1S/C71H134O10/c1-6-10-14-18-22-26-30-34-38-42-46-50-54-58-64(72)77-62-63-68(79-65(73)59-55-51-47-43-39-35-31-27-23-19-15-11-7-2)69(80-66(74)60-56-52-48-44-40-36-32-28-24-20-16-12-8-3)70(71(76-5)78-63)81-67(75)61-57-53-49-45-41-37-33-29-25-21-17-13-9-4/h63,68-71H,6-62H2,1-5H3/t63-,68-,69+,70-,71?/m1/s1. The fourth-order valence-electron chi connectivity index (χ4n) is 11.6. The molecule has 1 rings (SSSR count). The smallest absolute Gasteiger partial charge is 0.306 e. The number of esters is 4. The van der Waals surface area contributed by atoms with E-state index in [-0.39, 0.29) is 38.3 Å². The quantitative estimate of drug-likeness (QED) is 0.0330. The normalized spacial score (nSPS) is 17.1. The monoisotopic (exact) mass is 1150 g/mol. The van der Waals surface area contributed by atoms with Crippen molar-refractivity contribution in [2.75, 3.05) is 13.7 Å². The Hall–Kier alpha value is -2.20. The molecule has 0 spiro atoms. The van der Waals surface area contributed by atoms with Gasteiger partial charge in [-0.3, -0.25) is 19.2 Å². The second-order valence-electron chi connectivity index (χ2n) is 24.8. The van der Waals surface area contributed by atoms with Crippen molar-refractivity contribution >= 4 is 23.9 Å². The average Bonchev–Trinajstić information content (AvgIpc) is 3.55. The highest BCUT2D eigenvalue weighted by Gasteiger charge is 2.53. The summed E-state index contributed by atoms with van der Waals surface area (Å²) in [5.41, 5.74) is 0. The summed E-state index contributed by atoms with van der Waals surface area (Å²) in [7, 11) is 1.46. The van der Waals surface area contributed by atoms with E-state index in [2.05, 4.69) is 27.7 Å². The van der Waals surface area contributed by atoms with Crippen molar-refractivity contribution in [1.82, 2.24) is 0 Å². The Morgan fingerprint density at radius 2 is 0.481 bits per heavy atom. The molecule has 0 aliphatic carbocycles. The third-order valence-electron chi connectivity index (χ3n) is 17.0. The Labute approximate surface area is 501 Å². The summed E-state index contributed by atoms with van der Waals surface area (Å²) in [5.74, 6) is -1.69. The minimum absolute atomic E-state index is 0.185. The van der Waals surface area contributed by atoms with Crippen LogP contribution in [0.15, 0.2) is 0 Å². The minimum atomic E-state index is -1.21.